The lowest BCUT2D eigenvalue weighted by molar-refractivity contribution is -0.115. The van der Waals surface area contributed by atoms with E-state index in [-0.39, 0.29) is 11.7 Å². The van der Waals surface area contributed by atoms with Gasteiger partial charge in [-0.25, -0.2) is 4.39 Å². The van der Waals surface area contributed by atoms with Gasteiger partial charge in [0.05, 0.1) is 6.42 Å². The third-order valence-electron chi connectivity index (χ3n) is 4.24. The standard InChI is InChI=1S/C19H20FNO/c1-13-10-17(20)8-9-18(13)21-19(22)12-14-6-7-15-4-2-3-5-16(15)11-14/h6-11H,2-5,12H2,1H3,(H,21,22). The molecule has 1 aliphatic rings. The monoisotopic (exact) mass is 297 g/mol. The Morgan fingerprint density at radius 2 is 1.86 bits per heavy atom. The molecule has 0 unspecified atom stereocenters. The van der Waals surface area contributed by atoms with E-state index in [4.69, 9.17) is 0 Å². The second kappa shape index (κ2) is 6.30. The van der Waals surface area contributed by atoms with Crippen molar-refractivity contribution in [3.05, 3.63) is 64.5 Å². The highest BCUT2D eigenvalue weighted by molar-refractivity contribution is 5.93. The van der Waals surface area contributed by atoms with Crippen LogP contribution in [0.1, 0.15) is 35.1 Å². The van der Waals surface area contributed by atoms with Crippen LogP contribution in [-0.4, -0.2) is 5.91 Å². The SMILES string of the molecule is Cc1cc(F)ccc1NC(=O)Cc1ccc2c(c1)CCCC2. The summed E-state index contributed by atoms with van der Waals surface area (Å²) in [4.78, 5) is 12.2. The molecule has 0 spiro atoms. The van der Waals surface area contributed by atoms with Crippen LogP contribution in [0.5, 0.6) is 0 Å². The van der Waals surface area contributed by atoms with Gasteiger partial charge in [0.25, 0.3) is 0 Å². The van der Waals surface area contributed by atoms with Crippen LogP contribution < -0.4 is 5.32 Å². The van der Waals surface area contributed by atoms with Gasteiger partial charge in [-0.05, 0) is 73.1 Å². The Kier molecular flexibility index (Phi) is 4.23. The Balaban J connectivity index is 1.69. The van der Waals surface area contributed by atoms with E-state index in [2.05, 4.69) is 17.4 Å². The van der Waals surface area contributed by atoms with Crippen molar-refractivity contribution in [3.63, 3.8) is 0 Å². The number of carbonyl (C=O) groups is 1. The molecular formula is C19H20FNO. The Morgan fingerprint density at radius 3 is 2.64 bits per heavy atom. The van der Waals surface area contributed by atoms with Gasteiger partial charge in [-0.15, -0.1) is 0 Å². The average Bonchev–Trinajstić information content (AvgIpc) is 2.50. The first kappa shape index (κ1) is 14.8. The van der Waals surface area contributed by atoms with Gasteiger partial charge in [-0.3, -0.25) is 4.79 Å². The first-order chi connectivity index (χ1) is 10.6. The van der Waals surface area contributed by atoms with Crippen LogP contribution in [0.15, 0.2) is 36.4 Å². The second-order valence-electron chi connectivity index (χ2n) is 5.99. The Labute approximate surface area is 130 Å². The highest BCUT2D eigenvalue weighted by Gasteiger charge is 2.12. The summed E-state index contributed by atoms with van der Waals surface area (Å²) >= 11 is 0. The van der Waals surface area contributed by atoms with Crippen LogP contribution in [0.3, 0.4) is 0 Å². The summed E-state index contributed by atoms with van der Waals surface area (Å²) in [5.41, 5.74) is 5.25. The zero-order chi connectivity index (χ0) is 15.5. The number of nitrogens with one attached hydrogen (secondary N) is 1. The summed E-state index contributed by atoms with van der Waals surface area (Å²) in [7, 11) is 0. The predicted molar refractivity (Wildman–Crippen MR) is 86.6 cm³/mol. The van der Waals surface area contributed by atoms with Crippen molar-refractivity contribution in [3.8, 4) is 0 Å². The maximum Gasteiger partial charge on any atom is 0.228 e. The van der Waals surface area contributed by atoms with Crippen LogP contribution in [0.25, 0.3) is 0 Å². The van der Waals surface area contributed by atoms with Crippen molar-refractivity contribution >= 4 is 11.6 Å². The lowest BCUT2D eigenvalue weighted by Gasteiger charge is -2.16. The number of hydrogen-bond donors (Lipinski definition) is 1. The van der Waals surface area contributed by atoms with E-state index < -0.39 is 0 Å². The molecule has 0 fully saturated rings. The summed E-state index contributed by atoms with van der Waals surface area (Å²) in [6.07, 6.45) is 5.11. The minimum absolute atomic E-state index is 0.0644. The van der Waals surface area contributed by atoms with E-state index in [9.17, 15) is 9.18 Å². The van der Waals surface area contributed by atoms with Crippen LogP contribution in [0.2, 0.25) is 0 Å². The predicted octanol–water partition coefficient (Wildman–Crippen LogP) is 4.19. The molecule has 0 aliphatic heterocycles. The molecule has 3 rings (SSSR count). The number of benzene rings is 2. The molecule has 0 radical (unpaired) electrons. The summed E-state index contributed by atoms with van der Waals surface area (Å²) < 4.78 is 13.1. The number of fused-ring (bicyclic) bond motifs is 1. The summed E-state index contributed by atoms with van der Waals surface area (Å²) in [6.45, 7) is 1.79. The molecule has 1 N–H and O–H groups in total. The molecule has 0 saturated heterocycles. The van der Waals surface area contributed by atoms with E-state index in [1.807, 2.05) is 6.07 Å². The van der Waals surface area contributed by atoms with Crippen LogP contribution in [0.4, 0.5) is 10.1 Å². The molecule has 3 heteroatoms. The fourth-order valence-corrected chi connectivity index (χ4v) is 3.04. The van der Waals surface area contributed by atoms with Crippen LogP contribution in [-0.2, 0) is 24.1 Å². The molecule has 0 aromatic heterocycles. The molecule has 0 saturated carbocycles. The van der Waals surface area contributed by atoms with Crippen LogP contribution >= 0.6 is 0 Å². The molecule has 22 heavy (non-hydrogen) atoms. The van der Waals surface area contributed by atoms with Crippen molar-refractivity contribution in [2.45, 2.75) is 39.0 Å². The number of halogens is 1. The lowest BCUT2D eigenvalue weighted by Crippen LogP contribution is -2.15. The van der Waals surface area contributed by atoms with Crippen molar-refractivity contribution in [1.82, 2.24) is 0 Å². The highest BCUT2D eigenvalue weighted by Crippen LogP contribution is 2.23. The number of amides is 1. The van der Waals surface area contributed by atoms with Gasteiger partial charge in [0.1, 0.15) is 5.82 Å². The molecule has 2 aromatic rings. The van der Waals surface area contributed by atoms with Crippen molar-refractivity contribution in [1.29, 1.82) is 0 Å². The fourth-order valence-electron chi connectivity index (χ4n) is 3.04. The zero-order valence-corrected chi connectivity index (χ0v) is 12.8. The normalized spacial score (nSPS) is 13.5. The topological polar surface area (TPSA) is 29.1 Å². The van der Waals surface area contributed by atoms with E-state index in [0.717, 1.165) is 24.0 Å². The smallest absolute Gasteiger partial charge is 0.228 e. The van der Waals surface area contributed by atoms with Gasteiger partial charge >= 0.3 is 0 Å². The third-order valence-corrected chi connectivity index (χ3v) is 4.24. The quantitative estimate of drug-likeness (QED) is 0.904. The number of rotatable bonds is 3. The first-order valence-corrected chi connectivity index (χ1v) is 7.78. The van der Waals surface area contributed by atoms with Crippen LogP contribution in [0, 0.1) is 12.7 Å². The van der Waals surface area contributed by atoms with Gasteiger partial charge in [-0.2, -0.15) is 0 Å². The maximum atomic E-state index is 13.1. The van der Waals surface area contributed by atoms with E-state index >= 15 is 0 Å². The molecule has 0 bridgehead atoms. The van der Waals surface area contributed by atoms with Crippen molar-refractivity contribution in [2.75, 3.05) is 5.32 Å². The second-order valence-corrected chi connectivity index (χ2v) is 5.99. The highest BCUT2D eigenvalue weighted by atomic mass is 19.1. The minimum Gasteiger partial charge on any atom is -0.326 e. The van der Waals surface area contributed by atoms with Gasteiger partial charge in [-0.1, -0.05) is 18.2 Å². The molecule has 0 heterocycles. The minimum atomic E-state index is -0.287. The summed E-state index contributed by atoms with van der Waals surface area (Å²) in [6, 6.07) is 10.7. The molecule has 2 nitrogen and oxygen atoms in total. The first-order valence-electron chi connectivity index (χ1n) is 7.78. The lowest BCUT2D eigenvalue weighted by atomic mass is 9.90. The zero-order valence-electron chi connectivity index (χ0n) is 12.8. The molecule has 2 aromatic carbocycles. The number of hydrogen-bond acceptors (Lipinski definition) is 1. The van der Waals surface area contributed by atoms with E-state index in [1.54, 1.807) is 13.0 Å². The number of anilines is 1. The van der Waals surface area contributed by atoms with Gasteiger partial charge in [0, 0.05) is 5.69 Å². The van der Waals surface area contributed by atoms with Gasteiger partial charge < -0.3 is 5.32 Å². The molecule has 1 amide bonds. The summed E-state index contributed by atoms with van der Waals surface area (Å²) in [5.74, 6) is -0.351. The Morgan fingerprint density at radius 1 is 1.09 bits per heavy atom. The fraction of sp³-hybridized carbons (Fsp3) is 0.316. The van der Waals surface area contributed by atoms with E-state index in [0.29, 0.717) is 12.1 Å². The third kappa shape index (κ3) is 3.35. The van der Waals surface area contributed by atoms with Crippen molar-refractivity contribution < 1.29 is 9.18 Å². The van der Waals surface area contributed by atoms with Crippen molar-refractivity contribution in [2.24, 2.45) is 0 Å². The largest absolute Gasteiger partial charge is 0.326 e. The molecule has 114 valence electrons. The summed E-state index contributed by atoms with van der Waals surface area (Å²) in [5, 5.41) is 2.86. The molecule has 1 aliphatic carbocycles. The Hall–Kier alpha value is -2.16. The van der Waals surface area contributed by atoms with E-state index in [1.165, 1.54) is 36.1 Å². The molecule has 0 atom stereocenters. The maximum absolute atomic E-state index is 13.1. The average molecular weight is 297 g/mol. The number of aryl methyl sites for hydroxylation is 3. The Bertz CT molecular complexity index is 709. The number of carbonyl (C=O) groups excluding carboxylic acids is 1. The van der Waals surface area contributed by atoms with Gasteiger partial charge in [0.15, 0.2) is 0 Å². The van der Waals surface area contributed by atoms with Gasteiger partial charge in [0.2, 0.25) is 5.91 Å². The molecular weight excluding hydrogens is 277 g/mol.